The average molecular weight is 437 g/mol. The number of hydrogen-bond acceptors (Lipinski definition) is 6. The molecular formula is C22H33ClN4O3. The van der Waals surface area contributed by atoms with Crippen molar-refractivity contribution in [1.82, 2.24) is 15.4 Å². The number of carbonyl (C=O) groups excluding carboxylic acids is 1. The van der Waals surface area contributed by atoms with Gasteiger partial charge in [-0.25, -0.2) is 0 Å². The maximum atomic E-state index is 11.3. The first-order chi connectivity index (χ1) is 14.5. The van der Waals surface area contributed by atoms with Crippen LogP contribution < -0.4 is 10.2 Å². The van der Waals surface area contributed by atoms with Gasteiger partial charge in [0.25, 0.3) is 0 Å². The molecule has 30 heavy (non-hydrogen) atoms. The molecule has 0 unspecified atom stereocenters. The van der Waals surface area contributed by atoms with Gasteiger partial charge in [-0.3, -0.25) is 4.79 Å². The van der Waals surface area contributed by atoms with Gasteiger partial charge < -0.3 is 24.7 Å². The van der Waals surface area contributed by atoms with Crippen molar-refractivity contribution < 1.29 is 14.4 Å². The normalized spacial score (nSPS) is 19.4. The number of amides is 1. The van der Waals surface area contributed by atoms with E-state index in [4.69, 9.17) is 21.2 Å². The Labute approximate surface area is 183 Å². The third kappa shape index (κ3) is 6.09. The summed E-state index contributed by atoms with van der Waals surface area (Å²) in [6.07, 6.45) is 5.46. The molecule has 0 atom stereocenters. The minimum atomic E-state index is -0.419. The Morgan fingerprint density at radius 3 is 2.73 bits per heavy atom. The Morgan fingerprint density at radius 1 is 1.27 bits per heavy atom. The van der Waals surface area contributed by atoms with Gasteiger partial charge in [-0.1, -0.05) is 16.8 Å². The third-order valence-corrected chi connectivity index (χ3v) is 6.36. The zero-order valence-corrected chi connectivity index (χ0v) is 18.7. The van der Waals surface area contributed by atoms with E-state index in [1.165, 1.54) is 6.42 Å². The molecule has 2 N–H and O–H groups in total. The number of likely N-dealkylation sites (N-methyl/N-ethyl adjacent to an activating group) is 2. The van der Waals surface area contributed by atoms with Crippen LogP contribution in [0.5, 0.6) is 0 Å². The first-order valence-electron chi connectivity index (χ1n) is 10.9. The topological polar surface area (TPSA) is 81.8 Å². The number of hydrogen-bond donors (Lipinski definition) is 2. The lowest BCUT2D eigenvalue weighted by Gasteiger charge is -2.30. The number of rotatable bonds is 10. The Hall–Kier alpha value is -1.83. The number of nitrogens with zero attached hydrogens (tertiary/aromatic N) is 3. The van der Waals surface area contributed by atoms with Crippen molar-refractivity contribution in [2.45, 2.75) is 45.1 Å². The summed E-state index contributed by atoms with van der Waals surface area (Å²) in [6.45, 7) is 5.48. The summed E-state index contributed by atoms with van der Waals surface area (Å²) in [5.74, 6) is 1.32. The third-order valence-electron chi connectivity index (χ3n) is 6.12. The lowest BCUT2D eigenvalue weighted by molar-refractivity contribution is -0.124. The van der Waals surface area contributed by atoms with Gasteiger partial charge in [0.2, 0.25) is 5.91 Å². The van der Waals surface area contributed by atoms with Crippen LogP contribution in [-0.4, -0.2) is 66.9 Å². The summed E-state index contributed by atoms with van der Waals surface area (Å²) in [4.78, 5) is 15.9. The fourth-order valence-electron chi connectivity index (χ4n) is 4.21. The lowest BCUT2D eigenvalue weighted by atomic mass is 9.84. The molecule has 1 aliphatic carbocycles. The van der Waals surface area contributed by atoms with Crippen molar-refractivity contribution in [2.75, 3.05) is 44.7 Å². The van der Waals surface area contributed by atoms with Gasteiger partial charge in [0.05, 0.1) is 5.39 Å². The second kappa shape index (κ2) is 11.0. The lowest BCUT2D eigenvalue weighted by Crippen LogP contribution is -2.39. The molecule has 0 saturated heterocycles. The summed E-state index contributed by atoms with van der Waals surface area (Å²) < 4.78 is 5.46. The van der Waals surface area contributed by atoms with E-state index in [2.05, 4.69) is 34.2 Å². The van der Waals surface area contributed by atoms with Gasteiger partial charge in [-0.05, 0) is 70.7 Å². The maximum absolute atomic E-state index is 11.3. The van der Waals surface area contributed by atoms with Crippen LogP contribution >= 0.6 is 11.6 Å². The molecular weight excluding hydrogens is 404 g/mol. The largest absolute Gasteiger partial charge is 0.387 e. The highest BCUT2D eigenvalue weighted by Crippen LogP contribution is 2.29. The second-order valence-electron chi connectivity index (χ2n) is 8.26. The Morgan fingerprint density at radius 2 is 2.03 bits per heavy atom. The van der Waals surface area contributed by atoms with E-state index >= 15 is 0 Å². The summed E-state index contributed by atoms with van der Waals surface area (Å²) in [5.41, 5.74) is 0.718. The minimum absolute atomic E-state index is 0.226. The Balaban J connectivity index is 1.41. The van der Waals surface area contributed by atoms with E-state index in [-0.39, 0.29) is 11.9 Å². The molecule has 8 heteroatoms. The van der Waals surface area contributed by atoms with Crippen molar-refractivity contribution in [3.05, 3.63) is 23.2 Å². The highest BCUT2D eigenvalue weighted by atomic mass is 35.5. The standard InChI is InChI=1S/C22H33ClN4O3/c1-3-27(22-19-9-6-17(23)14-20(19)30-25-22)13-12-26(2)11-10-16-4-7-18(8-5-16)24-21(29)15-28/h6,9,14,16,18,28H,3-5,7-8,10-13,15H2,1-2H3,(H,24,29)/t16-,18-. The molecule has 7 nitrogen and oxygen atoms in total. The number of aliphatic hydroxyl groups is 1. The molecule has 0 spiro atoms. The van der Waals surface area contributed by atoms with E-state index in [0.29, 0.717) is 10.9 Å². The molecule has 0 aliphatic heterocycles. The van der Waals surface area contributed by atoms with Crippen LogP contribution in [0, 0.1) is 5.92 Å². The van der Waals surface area contributed by atoms with Crippen LogP contribution in [-0.2, 0) is 4.79 Å². The van der Waals surface area contributed by atoms with Crippen LogP contribution in [0.2, 0.25) is 5.02 Å². The fraction of sp³-hybridized carbons (Fsp3) is 0.636. The molecule has 0 radical (unpaired) electrons. The second-order valence-corrected chi connectivity index (χ2v) is 8.70. The summed E-state index contributed by atoms with van der Waals surface area (Å²) in [7, 11) is 2.17. The predicted octanol–water partition coefficient (Wildman–Crippen LogP) is 3.30. The number of anilines is 1. The van der Waals surface area contributed by atoms with E-state index in [1.54, 1.807) is 6.07 Å². The van der Waals surface area contributed by atoms with Crippen LogP contribution in [0.3, 0.4) is 0 Å². The van der Waals surface area contributed by atoms with Crippen molar-refractivity contribution in [2.24, 2.45) is 5.92 Å². The average Bonchev–Trinajstić information content (AvgIpc) is 3.16. The summed E-state index contributed by atoms with van der Waals surface area (Å²) in [6, 6.07) is 5.87. The highest BCUT2D eigenvalue weighted by molar-refractivity contribution is 6.31. The fourth-order valence-corrected chi connectivity index (χ4v) is 4.38. The van der Waals surface area contributed by atoms with Crippen molar-refractivity contribution in [3.63, 3.8) is 0 Å². The van der Waals surface area contributed by atoms with Gasteiger partial charge in [-0.15, -0.1) is 0 Å². The number of halogens is 1. The monoisotopic (exact) mass is 436 g/mol. The maximum Gasteiger partial charge on any atom is 0.245 e. The van der Waals surface area contributed by atoms with Crippen LogP contribution in [0.1, 0.15) is 39.0 Å². The van der Waals surface area contributed by atoms with Crippen molar-refractivity contribution >= 4 is 34.3 Å². The van der Waals surface area contributed by atoms with Crippen LogP contribution in [0.4, 0.5) is 5.82 Å². The Kier molecular flexibility index (Phi) is 8.36. The number of nitrogens with one attached hydrogen (secondary N) is 1. The van der Waals surface area contributed by atoms with Gasteiger partial charge >= 0.3 is 0 Å². The van der Waals surface area contributed by atoms with E-state index in [0.717, 1.165) is 68.6 Å². The molecule has 166 valence electrons. The molecule has 1 heterocycles. The summed E-state index contributed by atoms with van der Waals surface area (Å²) >= 11 is 6.04. The molecule has 2 aromatic rings. The molecule has 1 aromatic heterocycles. The number of aliphatic hydroxyl groups excluding tert-OH is 1. The zero-order valence-electron chi connectivity index (χ0n) is 17.9. The molecule has 1 saturated carbocycles. The smallest absolute Gasteiger partial charge is 0.245 e. The zero-order chi connectivity index (χ0) is 21.5. The SMILES string of the molecule is CCN(CCN(C)CC[C@H]1CC[C@H](NC(=O)CO)CC1)c1noc2cc(Cl)ccc12. The van der Waals surface area contributed by atoms with Crippen molar-refractivity contribution in [1.29, 1.82) is 0 Å². The molecule has 1 aromatic carbocycles. The van der Waals surface area contributed by atoms with Gasteiger partial charge in [0.15, 0.2) is 11.4 Å². The molecule has 3 rings (SSSR count). The van der Waals surface area contributed by atoms with Crippen molar-refractivity contribution in [3.8, 4) is 0 Å². The number of benzene rings is 1. The van der Waals surface area contributed by atoms with Gasteiger partial charge in [0.1, 0.15) is 6.61 Å². The van der Waals surface area contributed by atoms with Crippen LogP contribution in [0.15, 0.2) is 22.7 Å². The van der Waals surface area contributed by atoms with E-state index < -0.39 is 6.61 Å². The highest BCUT2D eigenvalue weighted by Gasteiger charge is 2.22. The summed E-state index contributed by atoms with van der Waals surface area (Å²) in [5, 5.41) is 17.7. The quantitative estimate of drug-likeness (QED) is 0.594. The predicted molar refractivity (Wildman–Crippen MR) is 120 cm³/mol. The first kappa shape index (κ1) is 22.8. The van der Waals surface area contributed by atoms with E-state index in [1.807, 2.05) is 12.1 Å². The molecule has 1 fully saturated rings. The first-order valence-corrected chi connectivity index (χ1v) is 11.3. The molecule has 1 amide bonds. The van der Waals surface area contributed by atoms with Crippen LogP contribution in [0.25, 0.3) is 11.0 Å². The number of fused-ring (bicyclic) bond motifs is 1. The van der Waals surface area contributed by atoms with Gasteiger partial charge in [0, 0.05) is 36.8 Å². The van der Waals surface area contributed by atoms with E-state index in [9.17, 15) is 4.79 Å². The van der Waals surface area contributed by atoms with Gasteiger partial charge in [-0.2, -0.15) is 0 Å². The molecule has 1 aliphatic rings. The number of carbonyl (C=O) groups is 1. The minimum Gasteiger partial charge on any atom is -0.387 e. The number of aromatic nitrogens is 1. The molecule has 0 bridgehead atoms. The Bertz CT molecular complexity index is 820.